The third kappa shape index (κ3) is 3.54. The summed E-state index contributed by atoms with van der Waals surface area (Å²) in [5, 5.41) is 5.54. The summed E-state index contributed by atoms with van der Waals surface area (Å²) >= 11 is 0. The summed E-state index contributed by atoms with van der Waals surface area (Å²) in [7, 11) is 0. The second-order valence-electron chi connectivity index (χ2n) is 4.93. The van der Waals surface area contributed by atoms with Gasteiger partial charge >= 0.3 is 0 Å². The van der Waals surface area contributed by atoms with E-state index in [1.165, 1.54) is 0 Å². The van der Waals surface area contributed by atoms with Crippen LogP contribution in [0.5, 0.6) is 0 Å². The predicted molar refractivity (Wildman–Crippen MR) is 73.7 cm³/mol. The lowest BCUT2D eigenvalue weighted by atomic mass is 10.2. The minimum Gasteiger partial charge on any atom is -0.351 e. The molecule has 5 nitrogen and oxygen atoms in total. The van der Waals surface area contributed by atoms with E-state index in [-0.39, 0.29) is 17.7 Å². The molecule has 2 unspecified atom stereocenters. The average molecular weight is 261 g/mol. The van der Waals surface area contributed by atoms with Crippen molar-refractivity contribution in [2.75, 3.05) is 18.4 Å². The van der Waals surface area contributed by atoms with Crippen LogP contribution in [0.25, 0.3) is 0 Å². The second kappa shape index (κ2) is 5.84. The molecule has 1 aliphatic carbocycles. The van der Waals surface area contributed by atoms with Gasteiger partial charge in [0.05, 0.1) is 0 Å². The highest BCUT2D eigenvalue weighted by Crippen LogP contribution is 2.38. The Labute approximate surface area is 112 Å². The first-order valence-electron chi connectivity index (χ1n) is 6.51. The topological polar surface area (TPSA) is 84.2 Å². The van der Waals surface area contributed by atoms with E-state index in [9.17, 15) is 9.59 Å². The zero-order chi connectivity index (χ0) is 13.8. The van der Waals surface area contributed by atoms with Crippen LogP contribution in [0.1, 0.15) is 23.7 Å². The molecule has 0 aromatic heterocycles. The van der Waals surface area contributed by atoms with Crippen LogP contribution in [0.15, 0.2) is 24.3 Å². The molecule has 2 rings (SSSR count). The highest BCUT2D eigenvalue weighted by atomic mass is 16.2. The maximum Gasteiger partial charge on any atom is 0.251 e. The molecule has 4 N–H and O–H groups in total. The van der Waals surface area contributed by atoms with Crippen molar-refractivity contribution in [1.29, 1.82) is 0 Å². The van der Waals surface area contributed by atoms with Crippen LogP contribution >= 0.6 is 0 Å². The summed E-state index contributed by atoms with van der Waals surface area (Å²) in [4.78, 5) is 23.4. The van der Waals surface area contributed by atoms with E-state index in [0.717, 1.165) is 12.1 Å². The van der Waals surface area contributed by atoms with E-state index < -0.39 is 0 Å². The lowest BCUT2D eigenvalue weighted by Crippen LogP contribution is -2.28. The Hall–Kier alpha value is -1.88. The lowest BCUT2D eigenvalue weighted by Gasteiger charge is -2.06. The highest BCUT2D eigenvalue weighted by Gasteiger charge is 2.38. The molecule has 5 heteroatoms. The molecule has 0 heterocycles. The third-order valence-electron chi connectivity index (χ3n) is 3.29. The summed E-state index contributed by atoms with van der Waals surface area (Å²) in [6.07, 6.45) is 0.964. The van der Waals surface area contributed by atoms with E-state index in [0.29, 0.717) is 24.6 Å². The predicted octanol–water partition coefficient (Wildman–Crippen LogP) is 0.970. The van der Waals surface area contributed by atoms with Crippen LogP contribution in [-0.4, -0.2) is 24.9 Å². The number of carbonyl (C=O) groups excluding carboxylic acids is 2. The Balaban J connectivity index is 1.90. The largest absolute Gasteiger partial charge is 0.351 e. The Morgan fingerprint density at radius 3 is 2.47 bits per heavy atom. The summed E-state index contributed by atoms with van der Waals surface area (Å²) in [6.45, 7) is 2.94. The first kappa shape index (κ1) is 13.5. The van der Waals surface area contributed by atoms with Crippen molar-refractivity contribution in [1.82, 2.24) is 5.32 Å². The molecule has 102 valence electrons. The van der Waals surface area contributed by atoms with Gasteiger partial charge in [-0.05, 0) is 36.6 Å². The maximum absolute atomic E-state index is 11.7. The zero-order valence-corrected chi connectivity index (χ0v) is 11.0. The van der Waals surface area contributed by atoms with E-state index in [1.807, 2.05) is 0 Å². The number of hydrogen-bond acceptors (Lipinski definition) is 3. The van der Waals surface area contributed by atoms with Crippen LogP contribution in [0.4, 0.5) is 5.69 Å². The van der Waals surface area contributed by atoms with Gasteiger partial charge in [0, 0.05) is 30.3 Å². The fourth-order valence-electron chi connectivity index (χ4n) is 1.92. The molecular weight excluding hydrogens is 242 g/mol. The van der Waals surface area contributed by atoms with Gasteiger partial charge < -0.3 is 16.4 Å². The normalized spacial score (nSPS) is 20.7. The van der Waals surface area contributed by atoms with Crippen LogP contribution in [0, 0.1) is 11.8 Å². The van der Waals surface area contributed by atoms with Gasteiger partial charge in [-0.3, -0.25) is 9.59 Å². The number of anilines is 1. The van der Waals surface area contributed by atoms with Crippen molar-refractivity contribution in [2.24, 2.45) is 17.6 Å². The number of carbonyl (C=O) groups is 2. The third-order valence-corrected chi connectivity index (χ3v) is 3.29. The zero-order valence-electron chi connectivity index (χ0n) is 11.0. The lowest BCUT2D eigenvalue weighted by molar-refractivity contribution is -0.117. The molecule has 0 radical (unpaired) electrons. The summed E-state index contributed by atoms with van der Waals surface area (Å²) in [5.74, 6) is 0.542. The SMILES string of the molecule is CC1CC1C(=O)Nc1ccc(C(=O)NCCN)cc1. The average Bonchev–Trinajstić information content (AvgIpc) is 3.14. The standard InChI is InChI=1S/C14H19N3O2/c1-9-8-12(9)14(19)17-11-4-2-10(3-5-11)13(18)16-7-6-15/h2-5,9,12H,6-8,15H2,1H3,(H,16,18)(H,17,19). The van der Waals surface area contributed by atoms with E-state index in [1.54, 1.807) is 24.3 Å². The number of amides is 2. The Morgan fingerprint density at radius 1 is 1.32 bits per heavy atom. The number of rotatable bonds is 5. The van der Waals surface area contributed by atoms with Crippen LogP contribution in [0.2, 0.25) is 0 Å². The van der Waals surface area contributed by atoms with Crippen molar-refractivity contribution in [3.8, 4) is 0 Å². The molecule has 1 aromatic carbocycles. The molecule has 1 fully saturated rings. The van der Waals surface area contributed by atoms with Crippen LogP contribution in [0.3, 0.4) is 0 Å². The van der Waals surface area contributed by atoms with E-state index >= 15 is 0 Å². The molecule has 19 heavy (non-hydrogen) atoms. The maximum atomic E-state index is 11.7. The van der Waals surface area contributed by atoms with Crippen molar-refractivity contribution in [3.63, 3.8) is 0 Å². The van der Waals surface area contributed by atoms with Crippen molar-refractivity contribution < 1.29 is 9.59 Å². The first-order chi connectivity index (χ1) is 9.11. The molecule has 0 spiro atoms. The monoisotopic (exact) mass is 261 g/mol. The second-order valence-corrected chi connectivity index (χ2v) is 4.93. The van der Waals surface area contributed by atoms with Gasteiger partial charge in [0.1, 0.15) is 0 Å². The van der Waals surface area contributed by atoms with Crippen molar-refractivity contribution in [3.05, 3.63) is 29.8 Å². The molecule has 1 aromatic rings. The van der Waals surface area contributed by atoms with Gasteiger partial charge in [-0.25, -0.2) is 0 Å². The van der Waals surface area contributed by atoms with Gasteiger partial charge in [-0.1, -0.05) is 6.92 Å². The molecule has 0 saturated heterocycles. The molecule has 0 aliphatic heterocycles. The van der Waals surface area contributed by atoms with Gasteiger partial charge in [-0.2, -0.15) is 0 Å². The molecular formula is C14H19N3O2. The Kier molecular flexibility index (Phi) is 4.16. The molecule has 0 bridgehead atoms. The fraction of sp³-hybridized carbons (Fsp3) is 0.429. The Bertz CT molecular complexity index is 470. The minimum atomic E-state index is -0.154. The number of benzene rings is 1. The first-order valence-corrected chi connectivity index (χ1v) is 6.51. The number of nitrogens with two attached hydrogens (primary N) is 1. The number of nitrogens with one attached hydrogen (secondary N) is 2. The molecule has 2 amide bonds. The minimum absolute atomic E-state index is 0.0628. The van der Waals surface area contributed by atoms with Crippen LogP contribution in [-0.2, 0) is 4.79 Å². The Morgan fingerprint density at radius 2 is 1.95 bits per heavy atom. The van der Waals surface area contributed by atoms with Crippen LogP contribution < -0.4 is 16.4 Å². The van der Waals surface area contributed by atoms with Gasteiger partial charge in [0.2, 0.25) is 5.91 Å². The van der Waals surface area contributed by atoms with Crippen molar-refractivity contribution in [2.45, 2.75) is 13.3 Å². The quantitative estimate of drug-likeness (QED) is 0.738. The van der Waals surface area contributed by atoms with E-state index in [4.69, 9.17) is 5.73 Å². The smallest absolute Gasteiger partial charge is 0.251 e. The fourth-order valence-corrected chi connectivity index (χ4v) is 1.92. The van der Waals surface area contributed by atoms with Crippen molar-refractivity contribution >= 4 is 17.5 Å². The van der Waals surface area contributed by atoms with Gasteiger partial charge in [0.25, 0.3) is 5.91 Å². The highest BCUT2D eigenvalue weighted by molar-refractivity contribution is 5.96. The number of hydrogen-bond donors (Lipinski definition) is 3. The summed E-state index contributed by atoms with van der Waals surface area (Å²) in [5.41, 5.74) is 6.60. The van der Waals surface area contributed by atoms with Gasteiger partial charge in [-0.15, -0.1) is 0 Å². The molecule has 1 aliphatic rings. The molecule has 1 saturated carbocycles. The summed E-state index contributed by atoms with van der Waals surface area (Å²) < 4.78 is 0. The molecule has 2 atom stereocenters. The summed E-state index contributed by atoms with van der Waals surface area (Å²) in [6, 6.07) is 6.86. The van der Waals surface area contributed by atoms with Gasteiger partial charge in [0.15, 0.2) is 0 Å². The van der Waals surface area contributed by atoms with E-state index in [2.05, 4.69) is 17.6 Å².